The lowest BCUT2D eigenvalue weighted by atomic mass is 9.97. The zero-order chi connectivity index (χ0) is 19.4. The molecule has 12 heteroatoms. The Hall–Kier alpha value is -0.0900. The molecule has 0 bridgehead atoms. The van der Waals surface area contributed by atoms with Crippen LogP contribution in [0.1, 0.15) is 0 Å². The fourth-order valence-corrected chi connectivity index (χ4v) is 2.96. The Morgan fingerprint density at radius 3 is 1.88 bits per heavy atom. The van der Waals surface area contributed by atoms with Crippen LogP contribution in [0.25, 0.3) is 0 Å². The van der Waals surface area contributed by atoms with E-state index in [0.29, 0.717) is 5.75 Å². The smallest absolute Gasteiger partial charge is 0.187 e. The van der Waals surface area contributed by atoms with E-state index in [9.17, 15) is 35.7 Å². The molecule has 0 aromatic heterocycles. The van der Waals surface area contributed by atoms with Gasteiger partial charge in [0.25, 0.3) is 0 Å². The molecule has 0 saturated carbocycles. The summed E-state index contributed by atoms with van der Waals surface area (Å²) >= 11 is 3.97. The molecule has 0 spiro atoms. The average molecular weight is 402 g/mol. The predicted octanol–water partition coefficient (Wildman–Crippen LogP) is -4.44. The topological polar surface area (TPSA) is 179 Å². The van der Waals surface area contributed by atoms with Gasteiger partial charge in [-0.15, -0.1) is 0 Å². The fraction of sp³-hybridized carbons (Fsp3) is 1.00. The van der Waals surface area contributed by atoms with Crippen LogP contribution >= 0.6 is 12.6 Å². The maximum absolute atomic E-state index is 10.4. The van der Waals surface area contributed by atoms with Crippen LogP contribution in [0.3, 0.4) is 0 Å². The van der Waals surface area contributed by atoms with E-state index in [0.717, 1.165) is 0 Å². The standard InChI is InChI=1S/C14H26O11S/c15-3-5-7(17)9(19)10(20)14(24-5)25-12-8(18)6(4-16)23-13(11(12)21)22-1-2-26/h5-21,26H,1-4H2/t5-,6-,7+,8+,9+,10-,11-,12+,13-,14-/m1/s1. The first-order valence-electron chi connectivity index (χ1n) is 8.16. The lowest BCUT2D eigenvalue weighted by molar-refractivity contribution is -0.359. The van der Waals surface area contributed by atoms with Crippen molar-refractivity contribution in [2.45, 2.75) is 61.4 Å². The normalized spacial score (nSPS) is 47.1. The van der Waals surface area contributed by atoms with Gasteiger partial charge < -0.3 is 54.7 Å². The molecule has 7 N–H and O–H groups in total. The fourth-order valence-electron chi connectivity index (χ4n) is 2.86. The third-order valence-electron chi connectivity index (χ3n) is 4.33. The van der Waals surface area contributed by atoms with Gasteiger partial charge in [-0.1, -0.05) is 0 Å². The van der Waals surface area contributed by atoms with Gasteiger partial charge in [0.2, 0.25) is 0 Å². The number of ether oxygens (including phenoxy) is 4. The highest BCUT2D eigenvalue weighted by Gasteiger charge is 2.50. The molecule has 26 heavy (non-hydrogen) atoms. The minimum absolute atomic E-state index is 0.117. The van der Waals surface area contributed by atoms with Crippen molar-refractivity contribution in [1.82, 2.24) is 0 Å². The molecule has 2 aliphatic rings. The summed E-state index contributed by atoms with van der Waals surface area (Å²) in [6.07, 6.45) is -14.5. The third-order valence-corrected chi connectivity index (χ3v) is 4.52. The highest BCUT2D eigenvalue weighted by atomic mass is 32.1. The molecule has 2 saturated heterocycles. The molecule has 2 aliphatic heterocycles. The van der Waals surface area contributed by atoms with Crippen LogP contribution in [0.5, 0.6) is 0 Å². The van der Waals surface area contributed by atoms with Crippen molar-refractivity contribution in [2.75, 3.05) is 25.6 Å². The molecule has 0 aromatic rings. The number of hydrogen-bond donors (Lipinski definition) is 8. The van der Waals surface area contributed by atoms with E-state index < -0.39 is 74.6 Å². The largest absolute Gasteiger partial charge is 0.394 e. The first-order valence-corrected chi connectivity index (χ1v) is 8.79. The summed E-state index contributed by atoms with van der Waals surface area (Å²) < 4.78 is 21.2. The molecule has 0 unspecified atom stereocenters. The molecule has 0 aliphatic carbocycles. The molecular formula is C14H26O11S. The lowest BCUT2D eigenvalue weighted by Gasteiger charge is -2.45. The Labute approximate surface area is 155 Å². The predicted molar refractivity (Wildman–Crippen MR) is 86.2 cm³/mol. The van der Waals surface area contributed by atoms with Crippen LogP contribution in [-0.4, -0.2) is 123 Å². The zero-order valence-electron chi connectivity index (χ0n) is 13.8. The second-order valence-corrected chi connectivity index (χ2v) is 6.55. The minimum Gasteiger partial charge on any atom is -0.394 e. The van der Waals surface area contributed by atoms with Crippen molar-refractivity contribution in [3.63, 3.8) is 0 Å². The van der Waals surface area contributed by atoms with Crippen LogP contribution < -0.4 is 0 Å². The highest BCUT2D eigenvalue weighted by molar-refractivity contribution is 7.80. The van der Waals surface area contributed by atoms with Gasteiger partial charge in [-0.3, -0.25) is 0 Å². The molecule has 2 heterocycles. The SMILES string of the molecule is OC[C@H]1O[C@H](O[C@H]2[C@@H](O)[C@@H](CO)O[C@@H](OCCS)[C@@H]2O)[C@H](O)[C@@H](O)[C@H]1O. The van der Waals surface area contributed by atoms with E-state index >= 15 is 0 Å². The minimum atomic E-state index is -1.71. The van der Waals surface area contributed by atoms with Gasteiger partial charge in [0.05, 0.1) is 19.8 Å². The van der Waals surface area contributed by atoms with Gasteiger partial charge in [0.1, 0.15) is 48.8 Å². The summed E-state index contributed by atoms with van der Waals surface area (Å²) in [6, 6.07) is 0. The maximum Gasteiger partial charge on any atom is 0.187 e. The van der Waals surface area contributed by atoms with Crippen molar-refractivity contribution >= 4 is 12.6 Å². The molecule has 10 atom stereocenters. The molecule has 0 aromatic carbocycles. The quantitative estimate of drug-likeness (QED) is 0.193. The molecule has 11 nitrogen and oxygen atoms in total. The van der Waals surface area contributed by atoms with E-state index in [4.69, 9.17) is 18.9 Å². The van der Waals surface area contributed by atoms with Crippen molar-refractivity contribution in [3.05, 3.63) is 0 Å². The van der Waals surface area contributed by atoms with E-state index in [1.807, 2.05) is 0 Å². The molecular weight excluding hydrogens is 376 g/mol. The maximum atomic E-state index is 10.4. The van der Waals surface area contributed by atoms with Crippen LogP contribution in [-0.2, 0) is 18.9 Å². The zero-order valence-corrected chi connectivity index (χ0v) is 14.7. The summed E-state index contributed by atoms with van der Waals surface area (Å²) in [5.41, 5.74) is 0. The Morgan fingerprint density at radius 1 is 0.731 bits per heavy atom. The number of hydrogen-bond acceptors (Lipinski definition) is 12. The van der Waals surface area contributed by atoms with Gasteiger partial charge in [-0.2, -0.15) is 12.6 Å². The first kappa shape index (κ1) is 22.2. The first-order chi connectivity index (χ1) is 12.3. The molecule has 154 valence electrons. The van der Waals surface area contributed by atoms with Gasteiger partial charge in [0, 0.05) is 5.75 Å². The number of aliphatic hydroxyl groups is 7. The van der Waals surface area contributed by atoms with Crippen LogP contribution in [0.2, 0.25) is 0 Å². The van der Waals surface area contributed by atoms with Crippen molar-refractivity contribution < 1.29 is 54.7 Å². The van der Waals surface area contributed by atoms with Gasteiger partial charge in [0.15, 0.2) is 12.6 Å². The highest BCUT2D eigenvalue weighted by Crippen LogP contribution is 2.29. The van der Waals surface area contributed by atoms with E-state index in [2.05, 4.69) is 12.6 Å². The van der Waals surface area contributed by atoms with Crippen molar-refractivity contribution in [3.8, 4) is 0 Å². The number of aliphatic hydroxyl groups excluding tert-OH is 7. The van der Waals surface area contributed by atoms with E-state index in [1.165, 1.54) is 0 Å². The van der Waals surface area contributed by atoms with Crippen LogP contribution in [0.4, 0.5) is 0 Å². The molecule has 0 amide bonds. The van der Waals surface area contributed by atoms with Crippen LogP contribution in [0, 0.1) is 0 Å². The molecule has 2 fully saturated rings. The monoisotopic (exact) mass is 402 g/mol. The van der Waals surface area contributed by atoms with E-state index in [-0.39, 0.29) is 6.61 Å². The second-order valence-electron chi connectivity index (χ2n) is 6.10. The second kappa shape index (κ2) is 9.91. The summed E-state index contributed by atoms with van der Waals surface area (Å²) in [6.45, 7) is -1.13. The Morgan fingerprint density at radius 2 is 1.31 bits per heavy atom. The Balaban J connectivity index is 2.13. The summed E-state index contributed by atoms with van der Waals surface area (Å²) in [4.78, 5) is 0. The summed E-state index contributed by atoms with van der Waals surface area (Å²) in [7, 11) is 0. The average Bonchev–Trinajstić information content (AvgIpc) is 2.64. The van der Waals surface area contributed by atoms with Gasteiger partial charge in [-0.05, 0) is 0 Å². The number of rotatable bonds is 7. The lowest BCUT2D eigenvalue weighted by Crippen LogP contribution is -2.64. The molecule has 2 rings (SSSR count). The third kappa shape index (κ3) is 4.66. The number of thiol groups is 1. The van der Waals surface area contributed by atoms with Gasteiger partial charge >= 0.3 is 0 Å². The van der Waals surface area contributed by atoms with Crippen molar-refractivity contribution in [2.24, 2.45) is 0 Å². The van der Waals surface area contributed by atoms with Crippen LogP contribution in [0.15, 0.2) is 0 Å². The van der Waals surface area contributed by atoms with Gasteiger partial charge in [-0.25, -0.2) is 0 Å². The van der Waals surface area contributed by atoms with E-state index in [1.54, 1.807) is 0 Å². The Bertz CT molecular complexity index is 428. The van der Waals surface area contributed by atoms with Crippen molar-refractivity contribution in [1.29, 1.82) is 0 Å². The summed E-state index contributed by atoms with van der Waals surface area (Å²) in [5.74, 6) is 0.331. The Kier molecular flexibility index (Phi) is 8.46. The summed E-state index contributed by atoms with van der Waals surface area (Å²) in [5, 5.41) is 68.8. The molecule has 0 radical (unpaired) electrons.